The van der Waals surface area contributed by atoms with Gasteiger partial charge in [0.25, 0.3) is 0 Å². The van der Waals surface area contributed by atoms with Crippen LogP contribution in [0.25, 0.3) is 0 Å². The van der Waals surface area contributed by atoms with Crippen LogP contribution in [0.15, 0.2) is 77.3 Å². The Morgan fingerprint density at radius 2 is 1.35 bits per heavy atom. The maximum atomic E-state index is 10.8. The summed E-state index contributed by atoms with van der Waals surface area (Å²) in [5.41, 5.74) is 3.02. The molecule has 3 aromatic rings. The van der Waals surface area contributed by atoms with Gasteiger partial charge >= 0.3 is 0 Å². The zero-order valence-electron chi connectivity index (χ0n) is 14.0. The normalized spacial score (nSPS) is 14.8. The molecule has 0 unspecified atom stereocenters. The summed E-state index contributed by atoms with van der Waals surface area (Å²) in [5, 5.41) is 11.3. The van der Waals surface area contributed by atoms with Crippen molar-refractivity contribution in [2.75, 3.05) is 22.9 Å². The van der Waals surface area contributed by atoms with E-state index in [4.69, 9.17) is 11.6 Å². The monoisotopic (exact) mass is 428 g/mol. The molecule has 0 saturated carbocycles. The second-order valence-electron chi connectivity index (χ2n) is 6.26. The van der Waals surface area contributed by atoms with Crippen molar-refractivity contribution >= 4 is 38.9 Å². The molecule has 4 rings (SSSR count). The molecule has 26 heavy (non-hydrogen) atoms. The Bertz CT molecular complexity index is 857. The lowest BCUT2D eigenvalue weighted by atomic mass is 10.1. The summed E-state index contributed by atoms with van der Waals surface area (Å²) in [6.07, 6.45) is -0.144. The minimum Gasteiger partial charge on any atom is -0.506 e. The molecule has 0 atom stereocenters. The van der Waals surface area contributed by atoms with Crippen LogP contribution in [0.5, 0.6) is 5.75 Å². The van der Waals surface area contributed by atoms with Gasteiger partial charge in [0.2, 0.25) is 0 Å². The van der Waals surface area contributed by atoms with Gasteiger partial charge in [-0.05, 0) is 52.3 Å². The van der Waals surface area contributed by atoms with E-state index >= 15 is 0 Å². The van der Waals surface area contributed by atoms with E-state index in [-0.39, 0.29) is 11.9 Å². The molecule has 5 heteroatoms. The summed E-state index contributed by atoms with van der Waals surface area (Å²) in [4.78, 5) is 4.59. The number of anilines is 2. The Labute approximate surface area is 166 Å². The van der Waals surface area contributed by atoms with Crippen LogP contribution in [-0.4, -0.2) is 18.2 Å². The molecule has 1 fully saturated rings. The standard InChI is InChI=1S/C21H18BrClN2O/c22-19-14-15(23)13-18(20(19)26)21-24(16-7-3-1-4-8-16)11-12-25(21)17-9-5-2-6-10-17/h1-10,13-14,21,26H,11-12H2. The fraction of sp³-hybridized carbons (Fsp3) is 0.143. The average molecular weight is 430 g/mol. The molecule has 0 aromatic heterocycles. The number of phenolic OH excluding ortho intramolecular Hbond substituents is 1. The number of para-hydroxylation sites is 2. The fourth-order valence-electron chi connectivity index (χ4n) is 3.53. The van der Waals surface area contributed by atoms with Gasteiger partial charge in [-0.15, -0.1) is 0 Å². The van der Waals surface area contributed by atoms with E-state index in [9.17, 15) is 5.11 Å². The molecular formula is C21H18BrClN2O. The Kier molecular flexibility index (Phi) is 4.79. The minimum absolute atomic E-state index is 0.144. The van der Waals surface area contributed by atoms with Crippen LogP contribution >= 0.6 is 27.5 Å². The lowest BCUT2D eigenvalue weighted by Gasteiger charge is -2.34. The zero-order valence-corrected chi connectivity index (χ0v) is 16.4. The first-order valence-electron chi connectivity index (χ1n) is 8.46. The zero-order chi connectivity index (χ0) is 18.1. The molecule has 0 spiro atoms. The molecule has 1 aliphatic heterocycles. The highest BCUT2D eigenvalue weighted by atomic mass is 79.9. The number of rotatable bonds is 3. The lowest BCUT2D eigenvalue weighted by molar-refractivity contribution is 0.458. The molecule has 1 heterocycles. The van der Waals surface area contributed by atoms with Crippen LogP contribution in [0.2, 0.25) is 5.02 Å². The Balaban J connectivity index is 1.85. The van der Waals surface area contributed by atoms with E-state index in [1.807, 2.05) is 42.5 Å². The van der Waals surface area contributed by atoms with E-state index in [2.05, 4.69) is 50.0 Å². The van der Waals surface area contributed by atoms with Crippen molar-refractivity contribution in [2.45, 2.75) is 6.17 Å². The highest BCUT2D eigenvalue weighted by molar-refractivity contribution is 9.10. The number of hydrogen-bond donors (Lipinski definition) is 1. The molecule has 0 radical (unpaired) electrons. The van der Waals surface area contributed by atoms with E-state index < -0.39 is 0 Å². The maximum Gasteiger partial charge on any atom is 0.137 e. The fourth-order valence-corrected chi connectivity index (χ4v) is 4.36. The highest BCUT2D eigenvalue weighted by Crippen LogP contribution is 2.43. The van der Waals surface area contributed by atoms with Crippen molar-refractivity contribution in [1.29, 1.82) is 0 Å². The Morgan fingerprint density at radius 1 is 0.846 bits per heavy atom. The molecule has 0 amide bonds. The molecule has 3 aromatic carbocycles. The Hall–Kier alpha value is -2.17. The molecule has 1 aliphatic rings. The van der Waals surface area contributed by atoms with E-state index in [0.717, 1.165) is 30.0 Å². The maximum absolute atomic E-state index is 10.8. The van der Waals surface area contributed by atoms with E-state index in [0.29, 0.717) is 9.50 Å². The molecule has 1 N–H and O–H groups in total. The Morgan fingerprint density at radius 3 is 1.85 bits per heavy atom. The van der Waals surface area contributed by atoms with Gasteiger partial charge in [0, 0.05) is 35.1 Å². The van der Waals surface area contributed by atoms with Crippen LogP contribution in [-0.2, 0) is 0 Å². The minimum atomic E-state index is -0.144. The summed E-state index contributed by atoms with van der Waals surface area (Å²) in [6.45, 7) is 1.71. The van der Waals surface area contributed by atoms with Crippen molar-refractivity contribution in [3.8, 4) is 5.75 Å². The summed E-state index contributed by atoms with van der Waals surface area (Å²) < 4.78 is 0.605. The predicted molar refractivity (Wildman–Crippen MR) is 111 cm³/mol. The molecule has 3 nitrogen and oxygen atoms in total. The molecule has 0 aliphatic carbocycles. The highest BCUT2D eigenvalue weighted by Gasteiger charge is 2.35. The van der Waals surface area contributed by atoms with Gasteiger partial charge in [0.1, 0.15) is 11.9 Å². The van der Waals surface area contributed by atoms with Crippen molar-refractivity contribution < 1.29 is 5.11 Å². The number of phenols is 1. The number of hydrogen-bond acceptors (Lipinski definition) is 3. The van der Waals surface area contributed by atoms with Crippen molar-refractivity contribution in [2.24, 2.45) is 0 Å². The number of halogens is 2. The van der Waals surface area contributed by atoms with Crippen LogP contribution in [0.1, 0.15) is 11.7 Å². The van der Waals surface area contributed by atoms with Crippen LogP contribution in [0.3, 0.4) is 0 Å². The van der Waals surface area contributed by atoms with Crippen molar-refractivity contribution in [3.05, 3.63) is 87.9 Å². The number of benzene rings is 3. The summed E-state index contributed by atoms with van der Waals surface area (Å²) in [6, 6.07) is 24.1. The van der Waals surface area contributed by atoms with Crippen molar-refractivity contribution in [3.63, 3.8) is 0 Å². The third kappa shape index (κ3) is 3.15. The topological polar surface area (TPSA) is 26.7 Å². The van der Waals surface area contributed by atoms with Crippen molar-refractivity contribution in [1.82, 2.24) is 0 Å². The average Bonchev–Trinajstić information content (AvgIpc) is 3.11. The first-order chi connectivity index (χ1) is 12.6. The SMILES string of the molecule is Oc1c(Br)cc(Cl)cc1C1N(c2ccccc2)CCN1c1ccccc1. The van der Waals surface area contributed by atoms with Gasteiger partial charge < -0.3 is 14.9 Å². The second kappa shape index (κ2) is 7.22. The smallest absolute Gasteiger partial charge is 0.137 e. The van der Waals surface area contributed by atoms with Crippen LogP contribution in [0.4, 0.5) is 11.4 Å². The molecule has 1 saturated heterocycles. The number of aromatic hydroxyl groups is 1. The first-order valence-corrected chi connectivity index (χ1v) is 9.63. The van der Waals surface area contributed by atoms with Gasteiger partial charge in [-0.2, -0.15) is 0 Å². The molecule has 132 valence electrons. The third-order valence-corrected chi connectivity index (χ3v) is 5.51. The van der Waals surface area contributed by atoms with E-state index in [1.165, 1.54) is 0 Å². The predicted octanol–water partition coefficient (Wildman–Crippen LogP) is 5.83. The quantitative estimate of drug-likeness (QED) is 0.567. The van der Waals surface area contributed by atoms with Crippen LogP contribution < -0.4 is 9.80 Å². The summed E-state index contributed by atoms with van der Waals surface area (Å²) in [5.74, 6) is 0.225. The number of nitrogens with zero attached hydrogens (tertiary/aromatic N) is 2. The lowest BCUT2D eigenvalue weighted by Crippen LogP contribution is -2.31. The molecule has 0 bridgehead atoms. The first kappa shape index (κ1) is 17.3. The van der Waals surface area contributed by atoms with Gasteiger partial charge in [-0.1, -0.05) is 48.0 Å². The summed E-state index contributed by atoms with van der Waals surface area (Å²) in [7, 11) is 0. The summed E-state index contributed by atoms with van der Waals surface area (Å²) >= 11 is 9.73. The second-order valence-corrected chi connectivity index (χ2v) is 7.55. The van der Waals surface area contributed by atoms with Crippen LogP contribution in [0, 0.1) is 0 Å². The van der Waals surface area contributed by atoms with Gasteiger partial charge in [-0.3, -0.25) is 0 Å². The van der Waals surface area contributed by atoms with E-state index in [1.54, 1.807) is 6.07 Å². The third-order valence-electron chi connectivity index (χ3n) is 4.68. The van der Waals surface area contributed by atoms with Gasteiger partial charge in [-0.25, -0.2) is 0 Å². The van der Waals surface area contributed by atoms with Gasteiger partial charge in [0.05, 0.1) is 4.47 Å². The molecular weight excluding hydrogens is 412 g/mol. The van der Waals surface area contributed by atoms with Gasteiger partial charge in [0.15, 0.2) is 0 Å². The largest absolute Gasteiger partial charge is 0.506 e.